The number of allylic oxidation sites excluding steroid dienone is 2. The summed E-state index contributed by atoms with van der Waals surface area (Å²) in [7, 11) is 8.23. The van der Waals surface area contributed by atoms with Crippen LogP contribution in [-0.2, 0) is 17.1 Å². The van der Waals surface area contributed by atoms with Gasteiger partial charge in [0.25, 0.3) is 0 Å². The van der Waals surface area contributed by atoms with Gasteiger partial charge in [0.15, 0.2) is 0 Å². The summed E-state index contributed by atoms with van der Waals surface area (Å²) in [6.45, 7) is 2.20. The van der Waals surface area contributed by atoms with E-state index < -0.39 is 17.1 Å². The Morgan fingerprint density at radius 1 is 0.679 bits per heavy atom. The summed E-state index contributed by atoms with van der Waals surface area (Å²) in [5.41, 5.74) is 5.37. The first-order valence-corrected chi connectivity index (χ1v) is 18.6. The van der Waals surface area contributed by atoms with E-state index in [1.165, 1.54) is 25.5 Å². The first-order valence-electron chi connectivity index (χ1n) is 9.94. The van der Waals surface area contributed by atoms with E-state index in [9.17, 15) is 0 Å². The number of halogens is 1. The molecule has 0 amide bonds. The molecule has 0 aromatic heterocycles. The third kappa shape index (κ3) is 2.36. The standard InChI is InChI=1S/2C9H7.C6H5.C2H4.ClH.Zr/c2*1-2-5-9-7-3-6-8(9)4-1;1-2-4-6-5-3-1;1-2;;/h2*1-7H;1-5H;1H,2H3;1H;/q;;;;;+1/p-1. The molecule has 28 heavy (non-hydrogen) atoms. The average molecular weight is 462 g/mol. The Morgan fingerprint density at radius 2 is 1.14 bits per heavy atom. The van der Waals surface area contributed by atoms with Crippen LogP contribution in [0, 0.1) is 0 Å². The molecule has 138 valence electrons. The monoisotopic (exact) mass is 460 g/mol. The Hall–Kier alpha value is -1.82. The van der Waals surface area contributed by atoms with E-state index in [0.717, 1.165) is 0 Å². The topological polar surface area (TPSA) is 0 Å². The second-order valence-corrected chi connectivity index (χ2v) is 25.5. The Labute approximate surface area is 171 Å². The molecule has 0 aliphatic heterocycles. The molecular formula is C26H23ClZr. The van der Waals surface area contributed by atoms with Gasteiger partial charge in [-0.25, -0.2) is 0 Å². The summed E-state index contributed by atoms with van der Waals surface area (Å²) in [6.07, 6.45) is 9.30. The summed E-state index contributed by atoms with van der Waals surface area (Å²) in [6, 6.07) is 28.4. The van der Waals surface area contributed by atoms with Gasteiger partial charge in [-0.15, -0.1) is 0 Å². The zero-order valence-corrected chi connectivity index (χ0v) is 19.1. The number of hydrogen-bond donors (Lipinski definition) is 0. The molecule has 5 rings (SSSR count). The van der Waals surface area contributed by atoms with E-state index in [2.05, 4.69) is 114 Å². The van der Waals surface area contributed by atoms with Gasteiger partial charge in [-0.05, 0) is 0 Å². The van der Waals surface area contributed by atoms with E-state index in [-0.39, 0.29) is 7.25 Å². The van der Waals surface area contributed by atoms with Crippen LogP contribution in [-0.4, -0.2) is 3.71 Å². The van der Waals surface area contributed by atoms with Gasteiger partial charge in [0.2, 0.25) is 0 Å². The van der Waals surface area contributed by atoms with Gasteiger partial charge in [0.05, 0.1) is 0 Å². The van der Waals surface area contributed by atoms with Gasteiger partial charge in [-0.1, -0.05) is 0 Å². The van der Waals surface area contributed by atoms with Gasteiger partial charge >= 0.3 is 172 Å². The first-order chi connectivity index (χ1) is 13.7. The Bertz CT molecular complexity index is 1120. The van der Waals surface area contributed by atoms with Gasteiger partial charge in [0, 0.05) is 0 Å². The SMILES string of the molecule is C[CH]=[Zr]([Cl])([c]1ccccc1)([CH]1C=Cc2ccccc21)[CH]1C=Cc2ccccc21. The molecule has 0 saturated carbocycles. The molecule has 0 nitrogen and oxygen atoms in total. The molecule has 0 heterocycles. The Morgan fingerprint density at radius 3 is 1.64 bits per heavy atom. The molecule has 3 aromatic rings. The van der Waals surface area contributed by atoms with E-state index in [0.29, 0.717) is 0 Å². The van der Waals surface area contributed by atoms with Gasteiger partial charge in [0.1, 0.15) is 0 Å². The molecule has 0 bridgehead atoms. The maximum atomic E-state index is 8.23. The van der Waals surface area contributed by atoms with Crippen LogP contribution >= 0.6 is 8.51 Å². The van der Waals surface area contributed by atoms with Gasteiger partial charge in [-0.2, -0.15) is 0 Å². The van der Waals surface area contributed by atoms with Crippen LogP contribution in [0.1, 0.15) is 36.4 Å². The van der Waals surface area contributed by atoms with Crippen molar-refractivity contribution in [1.82, 2.24) is 0 Å². The van der Waals surface area contributed by atoms with E-state index in [1.807, 2.05) is 0 Å². The molecule has 0 spiro atoms. The molecule has 2 atom stereocenters. The van der Waals surface area contributed by atoms with Crippen LogP contribution in [0.25, 0.3) is 12.2 Å². The van der Waals surface area contributed by atoms with E-state index in [4.69, 9.17) is 8.51 Å². The number of benzene rings is 3. The fraction of sp³-hybridized carbons (Fsp3) is 0.115. The maximum absolute atomic E-state index is 8.23. The molecule has 0 N–H and O–H groups in total. The predicted octanol–water partition coefficient (Wildman–Crippen LogP) is 6.51. The van der Waals surface area contributed by atoms with Crippen LogP contribution in [0.15, 0.2) is 91.0 Å². The summed E-state index contributed by atoms with van der Waals surface area (Å²) < 4.78 is 4.26. The number of fused-ring (bicyclic) bond motifs is 2. The second kappa shape index (κ2) is 6.62. The van der Waals surface area contributed by atoms with Crippen molar-refractivity contribution in [2.45, 2.75) is 14.2 Å². The minimum absolute atomic E-state index is 0.243. The quantitative estimate of drug-likeness (QED) is 0.416. The Balaban J connectivity index is 1.86. The second-order valence-electron chi connectivity index (χ2n) is 7.94. The van der Waals surface area contributed by atoms with Crippen LogP contribution < -0.4 is 3.27 Å². The van der Waals surface area contributed by atoms with Crippen molar-refractivity contribution < 1.29 is 17.1 Å². The summed E-state index contributed by atoms with van der Waals surface area (Å²) in [5, 5.41) is 0. The van der Waals surface area contributed by atoms with Crippen molar-refractivity contribution >= 4 is 27.6 Å². The van der Waals surface area contributed by atoms with Crippen molar-refractivity contribution in [2.24, 2.45) is 0 Å². The average Bonchev–Trinajstić information content (AvgIpc) is 3.39. The van der Waals surface area contributed by atoms with Gasteiger partial charge < -0.3 is 0 Å². The molecule has 0 saturated heterocycles. The molecule has 3 aromatic carbocycles. The predicted molar refractivity (Wildman–Crippen MR) is 120 cm³/mol. The van der Waals surface area contributed by atoms with Crippen LogP contribution in [0.3, 0.4) is 0 Å². The number of rotatable bonds is 3. The van der Waals surface area contributed by atoms with Crippen molar-refractivity contribution in [3.05, 3.63) is 113 Å². The zero-order chi connectivity index (χ0) is 19.2. The normalized spacial score (nSPS) is 20.1. The van der Waals surface area contributed by atoms with E-state index in [1.54, 1.807) is 0 Å². The van der Waals surface area contributed by atoms with Gasteiger partial charge in [-0.3, -0.25) is 0 Å². The summed E-state index contributed by atoms with van der Waals surface area (Å²) >= 11 is -4.32. The molecule has 0 radical (unpaired) electrons. The third-order valence-electron chi connectivity index (χ3n) is 6.83. The molecular weight excluding hydrogens is 439 g/mol. The molecule has 0 fully saturated rings. The van der Waals surface area contributed by atoms with Crippen LogP contribution in [0.4, 0.5) is 0 Å². The summed E-state index contributed by atoms with van der Waals surface area (Å²) in [5.74, 6) is 0. The molecule has 2 aliphatic carbocycles. The van der Waals surface area contributed by atoms with E-state index >= 15 is 0 Å². The zero-order valence-electron chi connectivity index (χ0n) is 15.9. The van der Waals surface area contributed by atoms with Crippen molar-refractivity contribution in [3.63, 3.8) is 0 Å². The fourth-order valence-electron chi connectivity index (χ4n) is 5.39. The first kappa shape index (κ1) is 18.2. The third-order valence-corrected chi connectivity index (χ3v) is 27.6. The molecule has 2 heteroatoms. The molecule has 2 aliphatic rings. The number of hydrogen-bond acceptors (Lipinski definition) is 0. The van der Waals surface area contributed by atoms with Crippen LogP contribution in [0.2, 0.25) is 0 Å². The van der Waals surface area contributed by atoms with Crippen LogP contribution in [0.5, 0.6) is 0 Å². The Kier molecular flexibility index (Phi) is 4.31. The fourth-order valence-corrected chi connectivity index (χ4v) is 22.7. The van der Waals surface area contributed by atoms with Crippen molar-refractivity contribution in [2.75, 3.05) is 0 Å². The minimum atomic E-state index is -4.32. The van der Waals surface area contributed by atoms with Crippen molar-refractivity contribution in [1.29, 1.82) is 0 Å². The molecule has 2 unspecified atom stereocenters. The van der Waals surface area contributed by atoms with Crippen molar-refractivity contribution in [3.8, 4) is 0 Å². The summed E-state index contributed by atoms with van der Waals surface area (Å²) in [4.78, 5) is 0.